The first-order chi connectivity index (χ1) is 13.2. The highest BCUT2D eigenvalue weighted by Crippen LogP contribution is 2.39. The lowest BCUT2D eigenvalue weighted by Gasteiger charge is -2.21. The molecule has 7 nitrogen and oxygen atoms in total. The van der Waals surface area contributed by atoms with Crippen molar-refractivity contribution in [3.8, 4) is 5.69 Å². The zero-order valence-corrected chi connectivity index (χ0v) is 15.7. The topological polar surface area (TPSA) is 80.5 Å². The molecule has 1 N–H and O–H groups in total. The third kappa shape index (κ3) is 3.98. The number of ether oxygens (including phenoxy) is 1. The van der Waals surface area contributed by atoms with E-state index in [1.807, 2.05) is 10.8 Å². The highest BCUT2D eigenvalue weighted by Gasteiger charge is 2.28. The summed E-state index contributed by atoms with van der Waals surface area (Å²) >= 11 is 0. The highest BCUT2D eigenvalue weighted by molar-refractivity contribution is 5.89. The maximum atomic E-state index is 12.3. The van der Waals surface area contributed by atoms with Crippen molar-refractivity contribution >= 4 is 11.7 Å². The van der Waals surface area contributed by atoms with Crippen LogP contribution in [0.25, 0.3) is 5.69 Å². The summed E-state index contributed by atoms with van der Waals surface area (Å²) in [6, 6.07) is 1.77. The smallest absolute Gasteiger partial charge is 0.356 e. The Kier molecular flexibility index (Phi) is 5.11. The van der Waals surface area contributed by atoms with Crippen molar-refractivity contribution < 1.29 is 14.6 Å². The second-order valence-corrected chi connectivity index (χ2v) is 7.42. The van der Waals surface area contributed by atoms with Crippen LogP contribution in [0.15, 0.2) is 24.8 Å². The molecular weight excluding hydrogens is 344 g/mol. The summed E-state index contributed by atoms with van der Waals surface area (Å²) in [4.78, 5) is 23.3. The van der Waals surface area contributed by atoms with Gasteiger partial charge in [-0.3, -0.25) is 0 Å². The second kappa shape index (κ2) is 7.68. The number of esters is 1. The van der Waals surface area contributed by atoms with Crippen molar-refractivity contribution in [2.24, 2.45) is 0 Å². The molecule has 2 fully saturated rings. The lowest BCUT2D eigenvalue weighted by atomic mass is 10.2. The third-order valence-electron chi connectivity index (χ3n) is 5.18. The van der Waals surface area contributed by atoms with Crippen molar-refractivity contribution in [3.63, 3.8) is 0 Å². The molecule has 0 radical (unpaired) electrons. The van der Waals surface area contributed by atoms with Gasteiger partial charge in [-0.2, -0.15) is 0 Å². The van der Waals surface area contributed by atoms with Crippen LogP contribution in [-0.4, -0.2) is 51.4 Å². The van der Waals surface area contributed by atoms with Gasteiger partial charge in [0, 0.05) is 25.2 Å². The molecule has 144 valence electrons. The van der Waals surface area contributed by atoms with Gasteiger partial charge in [-0.15, -0.1) is 0 Å². The van der Waals surface area contributed by atoms with Gasteiger partial charge in [0.15, 0.2) is 5.69 Å². The SMILES string of the molecule is CCCCOC(=O)c1cc(-n2cnc(C3CC3)c2)c(N2CC[C@H](O)C2)cn1. The van der Waals surface area contributed by atoms with Gasteiger partial charge in [0.05, 0.1) is 42.3 Å². The van der Waals surface area contributed by atoms with Crippen molar-refractivity contribution in [3.05, 3.63) is 36.2 Å². The molecule has 0 unspecified atom stereocenters. The first kappa shape index (κ1) is 18.0. The Morgan fingerprint density at radius 2 is 2.15 bits per heavy atom. The van der Waals surface area contributed by atoms with E-state index in [4.69, 9.17) is 4.74 Å². The Hall–Kier alpha value is -2.41. The van der Waals surface area contributed by atoms with Gasteiger partial charge >= 0.3 is 5.97 Å². The number of carbonyl (C=O) groups is 1. The van der Waals surface area contributed by atoms with E-state index in [0.29, 0.717) is 24.8 Å². The second-order valence-electron chi connectivity index (χ2n) is 7.42. The fraction of sp³-hybridized carbons (Fsp3) is 0.550. The number of hydrogen-bond acceptors (Lipinski definition) is 6. The maximum Gasteiger partial charge on any atom is 0.356 e. The summed E-state index contributed by atoms with van der Waals surface area (Å²) in [7, 11) is 0. The lowest BCUT2D eigenvalue weighted by molar-refractivity contribution is 0.0493. The summed E-state index contributed by atoms with van der Waals surface area (Å²) in [5.74, 6) is 0.156. The number of anilines is 1. The molecule has 27 heavy (non-hydrogen) atoms. The minimum Gasteiger partial charge on any atom is -0.461 e. The first-order valence-electron chi connectivity index (χ1n) is 9.80. The average Bonchev–Trinajstić information content (AvgIpc) is 3.24. The van der Waals surface area contributed by atoms with Crippen LogP contribution in [0.2, 0.25) is 0 Å². The molecule has 0 aromatic carbocycles. The van der Waals surface area contributed by atoms with Crippen LogP contribution in [0.4, 0.5) is 5.69 Å². The van der Waals surface area contributed by atoms with Crippen molar-refractivity contribution in [1.29, 1.82) is 0 Å². The number of aromatic nitrogens is 3. The third-order valence-corrected chi connectivity index (χ3v) is 5.18. The molecule has 0 spiro atoms. The van der Waals surface area contributed by atoms with E-state index in [0.717, 1.165) is 42.9 Å². The molecule has 3 heterocycles. The Labute approximate surface area is 159 Å². The first-order valence-corrected chi connectivity index (χ1v) is 9.80. The van der Waals surface area contributed by atoms with Crippen LogP contribution in [-0.2, 0) is 4.74 Å². The Morgan fingerprint density at radius 3 is 2.85 bits per heavy atom. The number of aliphatic hydroxyl groups excluding tert-OH is 1. The fourth-order valence-electron chi connectivity index (χ4n) is 3.40. The molecular formula is C20H26N4O3. The van der Waals surface area contributed by atoms with Crippen molar-refractivity contribution in [2.75, 3.05) is 24.6 Å². The number of carbonyl (C=O) groups excluding carboxylic acids is 1. The van der Waals surface area contributed by atoms with Gasteiger partial charge in [0.2, 0.25) is 0 Å². The molecule has 2 aromatic rings. The Bertz CT molecular complexity index is 815. The number of nitrogens with zero attached hydrogens (tertiary/aromatic N) is 4. The predicted molar refractivity (Wildman–Crippen MR) is 101 cm³/mol. The Balaban J connectivity index is 1.65. The van der Waals surface area contributed by atoms with E-state index in [9.17, 15) is 9.90 Å². The van der Waals surface area contributed by atoms with Crippen LogP contribution in [0.3, 0.4) is 0 Å². The van der Waals surface area contributed by atoms with Gasteiger partial charge in [-0.05, 0) is 31.7 Å². The zero-order chi connectivity index (χ0) is 18.8. The van der Waals surface area contributed by atoms with E-state index in [2.05, 4.69) is 21.8 Å². The van der Waals surface area contributed by atoms with Gasteiger partial charge in [0.25, 0.3) is 0 Å². The quantitative estimate of drug-likeness (QED) is 0.596. The number of rotatable bonds is 7. The normalized spacial score (nSPS) is 19.5. The summed E-state index contributed by atoms with van der Waals surface area (Å²) in [6.45, 7) is 3.79. The molecule has 1 aliphatic heterocycles. The van der Waals surface area contributed by atoms with Crippen molar-refractivity contribution in [1.82, 2.24) is 14.5 Å². The summed E-state index contributed by atoms with van der Waals surface area (Å²) in [5.41, 5.74) is 3.13. The van der Waals surface area contributed by atoms with E-state index < -0.39 is 5.97 Å². The number of imidazole rings is 1. The molecule has 2 aliphatic rings. The van der Waals surface area contributed by atoms with Gasteiger partial charge < -0.3 is 19.3 Å². The molecule has 7 heteroatoms. The number of pyridine rings is 1. The molecule has 4 rings (SSSR count). The van der Waals surface area contributed by atoms with Crippen LogP contribution in [0, 0.1) is 0 Å². The number of unbranched alkanes of at least 4 members (excludes halogenated alkanes) is 1. The lowest BCUT2D eigenvalue weighted by Crippen LogP contribution is -2.23. The minimum atomic E-state index is -0.403. The molecule has 1 saturated heterocycles. The summed E-state index contributed by atoms with van der Waals surface area (Å²) in [5, 5.41) is 9.92. The van der Waals surface area contributed by atoms with Crippen molar-refractivity contribution in [2.45, 2.75) is 51.0 Å². The number of hydrogen-bond donors (Lipinski definition) is 1. The highest BCUT2D eigenvalue weighted by atomic mass is 16.5. The van der Waals surface area contributed by atoms with Crippen LogP contribution >= 0.6 is 0 Å². The summed E-state index contributed by atoms with van der Waals surface area (Å²) in [6.07, 6.45) is 10.1. The molecule has 0 bridgehead atoms. The molecule has 2 aromatic heterocycles. The van der Waals surface area contributed by atoms with E-state index in [1.165, 1.54) is 12.8 Å². The zero-order valence-electron chi connectivity index (χ0n) is 15.7. The van der Waals surface area contributed by atoms with Crippen LogP contribution in [0.5, 0.6) is 0 Å². The predicted octanol–water partition coefficient (Wildman–Crippen LogP) is 2.67. The van der Waals surface area contributed by atoms with Crippen LogP contribution < -0.4 is 4.90 Å². The van der Waals surface area contributed by atoms with Gasteiger partial charge in [-0.25, -0.2) is 14.8 Å². The molecule has 0 amide bonds. The monoisotopic (exact) mass is 370 g/mol. The standard InChI is InChI=1S/C20H26N4O3/c1-2-3-8-27-20(26)16-9-18(24-12-17(22-13-24)14-4-5-14)19(10-21-16)23-7-6-15(25)11-23/h9-10,12-15,25H,2-8,11H2,1H3/t15-/m0/s1. The minimum absolute atomic E-state index is 0.297. The summed E-state index contributed by atoms with van der Waals surface area (Å²) < 4.78 is 7.27. The Morgan fingerprint density at radius 1 is 1.30 bits per heavy atom. The molecule has 1 aliphatic carbocycles. The number of aliphatic hydroxyl groups is 1. The van der Waals surface area contributed by atoms with E-state index in [1.54, 1.807) is 18.6 Å². The van der Waals surface area contributed by atoms with Crippen LogP contribution in [0.1, 0.15) is 61.1 Å². The molecule has 1 saturated carbocycles. The van der Waals surface area contributed by atoms with Gasteiger partial charge in [0.1, 0.15) is 0 Å². The van der Waals surface area contributed by atoms with E-state index in [-0.39, 0.29) is 6.10 Å². The largest absolute Gasteiger partial charge is 0.461 e. The maximum absolute atomic E-state index is 12.3. The van der Waals surface area contributed by atoms with Gasteiger partial charge in [-0.1, -0.05) is 13.3 Å². The number of β-amino-alcohol motifs (C(OH)–C–C–N with tert-alkyl or cyclic N) is 1. The fourth-order valence-corrected chi connectivity index (χ4v) is 3.40. The average molecular weight is 370 g/mol. The van der Waals surface area contributed by atoms with E-state index >= 15 is 0 Å². The molecule has 1 atom stereocenters.